The number of hydrogen-bond acceptors (Lipinski definition) is 3. The maximum Gasteiger partial charge on any atom is 0.221 e. The SMILES string of the molecule is CCCCCCCCOc1ccc(-c2ccc(-c3ccc(OCCCCCCCC)cc3)c(F)n2)cc1. The van der Waals surface area contributed by atoms with E-state index in [1.165, 1.54) is 64.2 Å². The highest BCUT2D eigenvalue weighted by molar-refractivity contribution is 5.68. The van der Waals surface area contributed by atoms with Crippen molar-refractivity contribution in [2.24, 2.45) is 0 Å². The Bertz CT molecular complexity index is 1020. The van der Waals surface area contributed by atoms with Crippen LogP contribution >= 0.6 is 0 Å². The average molecular weight is 506 g/mol. The minimum absolute atomic E-state index is 0.471. The van der Waals surface area contributed by atoms with Gasteiger partial charge in [0.2, 0.25) is 5.95 Å². The number of ether oxygens (including phenoxy) is 2. The second-order valence-electron chi connectivity index (χ2n) is 9.82. The van der Waals surface area contributed by atoms with Crippen molar-refractivity contribution in [3.63, 3.8) is 0 Å². The molecular weight excluding hydrogens is 461 g/mol. The van der Waals surface area contributed by atoms with Gasteiger partial charge in [-0.3, -0.25) is 0 Å². The zero-order chi connectivity index (χ0) is 26.1. The molecule has 1 heterocycles. The van der Waals surface area contributed by atoms with Gasteiger partial charge in [-0.2, -0.15) is 4.39 Å². The summed E-state index contributed by atoms with van der Waals surface area (Å²) in [7, 11) is 0. The molecule has 0 aliphatic rings. The van der Waals surface area contributed by atoms with Gasteiger partial charge in [-0.15, -0.1) is 0 Å². The number of benzene rings is 2. The third kappa shape index (κ3) is 10.2. The molecule has 0 aliphatic heterocycles. The van der Waals surface area contributed by atoms with Gasteiger partial charge in [0.15, 0.2) is 0 Å². The van der Waals surface area contributed by atoms with Crippen molar-refractivity contribution in [1.29, 1.82) is 0 Å². The van der Waals surface area contributed by atoms with Crippen molar-refractivity contribution in [1.82, 2.24) is 4.98 Å². The van der Waals surface area contributed by atoms with Crippen LogP contribution in [0, 0.1) is 5.95 Å². The van der Waals surface area contributed by atoms with E-state index in [9.17, 15) is 4.39 Å². The van der Waals surface area contributed by atoms with Crippen LogP contribution < -0.4 is 9.47 Å². The zero-order valence-corrected chi connectivity index (χ0v) is 22.8. The molecule has 200 valence electrons. The summed E-state index contributed by atoms with van der Waals surface area (Å²) in [5, 5.41) is 0. The highest BCUT2D eigenvalue weighted by Gasteiger charge is 2.10. The summed E-state index contributed by atoms with van der Waals surface area (Å²) in [6.07, 6.45) is 14.9. The molecule has 0 fully saturated rings. The van der Waals surface area contributed by atoms with Crippen molar-refractivity contribution < 1.29 is 13.9 Å². The fraction of sp³-hybridized carbons (Fsp3) is 0.485. The van der Waals surface area contributed by atoms with Gasteiger partial charge in [0.05, 0.1) is 18.9 Å². The lowest BCUT2D eigenvalue weighted by Gasteiger charge is -2.10. The quantitative estimate of drug-likeness (QED) is 0.127. The normalized spacial score (nSPS) is 11.0. The van der Waals surface area contributed by atoms with Gasteiger partial charge in [0.1, 0.15) is 11.5 Å². The van der Waals surface area contributed by atoms with Crippen molar-refractivity contribution in [2.45, 2.75) is 90.9 Å². The van der Waals surface area contributed by atoms with Gasteiger partial charge in [0.25, 0.3) is 0 Å². The molecule has 0 N–H and O–H groups in total. The largest absolute Gasteiger partial charge is 0.494 e. The first-order chi connectivity index (χ1) is 18.2. The van der Waals surface area contributed by atoms with Crippen LogP contribution in [0.4, 0.5) is 4.39 Å². The van der Waals surface area contributed by atoms with Crippen LogP contribution in [-0.2, 0) is 0 Å². The summed E-state index contributed by atoms with van der Waals surface area (Å²) in [6.45, 7) is 5.92. The van der Waals surface area contributed by atoms with Crippen molar-refractivity contribution in [3.05, 3.63) is 66.6 Å². The first-order valence-electron chi connectivity index (χ1n) is 14.3. The smallest absolute Gasteiger partial charge is 0.221 e. The minimum Gasteiger partial charge on any atom is -0.494 e. The maximum absolute atomic E-state index is 14.9. The molecule has 0 radical (unpaired) electrons. The summed E-state index contributed by atoms with van der Waals surface area (Å²) in [5.41, 5.74) is 2.77. The third-order valence-corrected chi connectivity index (χ3v) is 6.70. The fourth-order valence-corrected chi connectivity index (χ4v) is 4.41. The predicted molar refractivity (Wildman–Crippen MR) is 153 cm³/mol. The van der Waals surface area contributed by atoms with Crippen LogP contribution in [0.5, 0.6) is 11.5 Å². The molecule has 0 bridgehead atoms. The standard InChI is InChI=1S/C33H44FNO2/c1-3-5-7-9-11-13-25-36-29-19-15-27(16-20-29)31-23-24-32(35-33(31)34)28-17-21-30(22-18-28)37-26-14-12-10-8-6-4-2/h15-24H,3-14,25-26H2,1-2H3. The van der Waals surface area contributed by atoms with Gasteiger partial charge in [-0.05, 0) is 66.9 Å². The van der Waals surface area contributed by atoms with E-state index in [-0.39, 0.29) is 0 Å². The van der Waals surface area contributed by atoms with Crippen LogP contribution in [0.1, 0.15) is 90.9 Å². The number of nitrogens with zero attached hydrogens (tertiary/aromatic N) is 1. The Morgan fingerprint density at radius 1 is 0.541 bits per heavy atom. The molecule has 4 heteroatoms. The molecule has 0 saturated heterocycles. The Morgan fingerprint density at radius 3 is 1.49 bits per heavy atom. The van der Waals surface area contributed by atoms with Gasteiger partial charge in [-0.1, -0.05) is 90.2 Å². The van der Waals surface area contributed by atoms with Crippen LogP contribution in [0.2, 0.25) is 0 Å². The molecule has 37 heavy (non-hydrogen) atoms. The molecule has 0 saturated carbocycles. The van der Waals surface area contributed by atoms with Crippen LogP contribution in [0.15, 0.2) is 60.7 Å². The minimum atomic E-state index is -0.471. The molecule has 0 aliphatic carbocycles. The average Bonchev–Trinajstić information content (AvgIpc) is 2.93. The van der Waals surface area contributed by atoms with Gasteiger partial charge < -0.3 is 9.47 Å². The molecule has 1 aromatic heterocycles. The second kappa shape index (κ2) is 16.8. The van der Waals surface area contributed by atoms with E-state index in [1.807, 2.05) is 54.6 Å². The molecular formula is C33H44FNO2. The molecule has 3 nitrogen and oxygen atoms in total. The van der Waals surface area contributed by atoms with E-state index in [0.717, 1.165) is 48.7 Å². The number of aromatic nitrogens is 1. The number of hydrogen-bond donors (Lipinski definition) is 0. The van der Waals surface area contributed by atoms with E-state index in [0.29, 0.717) is 11.3 Å². The fourth-order valence-electron chi connectivity index (χ4n) is 4.41. The van der Waals surface area contributed by atoms with Crippen LogP contribution in [0.3, 0.4) is 0 Å². The summed E-state index contributed by atoms with van der Waals surface area (Å²) in [4.78, 5) is 4.24. The summed E-state index contributed by atoms with van der Waals surface area (Å²) in [6, 6.07) is 19.0. The number of rotatable bonds is 18. The lowest BCUT2D eigenvalue weighted by atomic mass is 10.1. The Kier molecular flexibility index (Phi) is 13.0. The highest BCUT2D eigenvalue weighted by atomic mass is 19.1. The lowest BCUT2D eigenvalue weighted by Crippen LogP contribution is -1.98. The molecule has 0 spiro atoms. The molecule has 3 aromatic rings. The summed E-state index contributed by atoms with van der Waals surface area (Å²) in [5.74, 6) is 1.19. The Labute approximate surface area is 223 Å². The molecule has 2 aromatic carbocycles. The summed E-state index contributed by atoms with van der Waals surface area (Å²) >= 11 is 0. The monoisotopic (exact) mass is 505 g/mol. The van der Waals surface area contributed by atoms with E-state index in [2.05, 4.69) is 18.8 Å². The van der Waals surface area contributed by atoms with E-state index in [1.54, 1.807) is 6.07 Å². The molecule has 0 amide bonds. The van der Waals surface area contributed by atoms with Crippen LogP contribution in [0.25, 0.3) is 22.4 Å². The first-order valence-corrected chi connectivity index (χ1v) is 14.3. The van der Waals surface area contributed by atoms with Gasteiger partial charge >= 0.3 is 0 Å². The maximum atomic E-state index is 14.9. The van der Waals surface area contributed by atoms with Crippen molar-refractivity contribution in [3.8, 4) is 33.9 Å². The Hall–Kier alpha value is -2.88. The Balaban J connectivity index is 1.47. The van der Waals surface area contributed by atoms with Crippen molar-refractivity contribution in [2.75, 3.05) is 13.2 Å². The number of unbranched alkanes of at least 4 members (excludes halogenated alkanes) is 10. The van der Waals surface area contributed by atoms with Crippen molar-refractivity contribution >= 4 is 0 Å². The first kappa shape index (κ1) is 28.7. The topological polar surface area (TPSA) is 31.4 Å². The highest BCUT2D eigenvalue weighted by Crippen LogP contribution is 2.28. The van der Waals surface area contributed by atoms with Gasteiger partial charge in [0, 0.05) is 11.1 Å². The number of pyridine rings is 1. The summed E-state index contributed by atoms with van der Waals surface area (Å²) < 4.78 is 26.6. The zero-order valence-electron chi connectivity index (χ0n) is 22.8. The third-order valence-electron chi connectivity index (χ3n) is 6.70. The van der Waals surface area contributed by atoms with E-state index < -0.39 is 5.95 Å². The molecule has 0 unspecified atom stereocenters. The Morgan fingerprint density at radius 2 is 1.00 bits per heavy atom. The van der Waals surface area contributed by atoms with Crippen LogP contribution in [-0.4, -0.2) is 18.2 Å². The van der Waals surface area contributed by atoms with E-state index >= 15 is 0 Å². The van der Waals surface area contributed by atoms with Gasteiger partial charge in [-0.25, -0.2) is 4.98 Å². The van der Waals surface area contributed by atoms with E-state index in [4.69, 9.17) is 9.47 Å². The predicted octanol–water partition coefficient (Wildman–Crippen LogP) is 10.0. The number of halogens is 1. The lowest BCUT2D eigenvalue weighted by molar-refractivity contribution is 0.304. The molecule has 3 rings (SSSR count). The molecule has 0 atom stereocenters. The second-order valence-corrected chi connectivity index (χ2v) is 9.82.